The summed E-state index contributed by atoms with van der Waals surface area (Å²) >= 11 is 0. The predicted molar refractivity (Wildman–Crippen MR) is 65.7 cm³/mol. The molecule has 1 saturated carbocycles. The van der Waals surface area contributed by atoms with E-state index in [-0.39, 0.29) is 12.3 Å². The van der Waals surface area contributed by atoms with Crippen molar-refractivity contribution in [2.24, 2.45) is 5.92 Å². The topological polar surface area (TPSA) is 66.4 Å². The molecule has 0 aromatic rings. The van der Waals surface area contributed by atoms with Crippen molar-refractivity contribution in [2.45, 2.75) is 64.3 Å². The Balaban J connectivity index is 2.29. The Morgan fingerprint density at radius 1 is 1.29 bits per heavy atom. The number of carboxylic acids is 1. The summed E-state index contributed by atoms with van der Waals surface area (Å²) in [6, 6.07) is 0. The highest BCUT2D eigenvalue weighted by Gasteiger charge is 2.24. The molecule has 17 heavy (non-hydrogen) atoms. The summed E-state index contributed by atoms with van der Waals surface area (Å²) in [4.78, 5) is 22.3. The molecule has 0 saturated heterocycles. The zero-order chi connectivity index (χ0) is 12.9. The van der Waals surface area contributed by atoms with Crippen LogP contribution in [0.25, 0.3) is 0 Å². The van der Waals surface area contributed by atoms with Crippen molar-refractivity contribution < 1.29 is 14.7 Å². The molecule has 2 N–H and O–H groups in total. The minimum atomic E-state index is -0.817. The Hall–Kier alpha value is -1.06. The molecular weight excluding hydrogens is 218 g/mol. The lowest BCUT2D eigenvalue weighted by molar-refractivity contribution is -0.137. The van der Waals surface area contributed by atoms with Gasteiger partial charge in [0, 0.05) is 18.4 Å². The highest BCUT2D eigenvalue weighted by atomic mass is 16.4. The van der Waals surface area contributed by atoms with Crippen molar-refractivity contribution in [1.82, 2.24) is 5.32 Å². The van der Waals surface area contributed by atoms with E-state index in [9.17, 15) is 9.59 Å². The SMILES string of the molecule is CC(C)(CCC(=O)O)NC(=O)CC1CCCC1. The van der Waals surface area contributed by atoms with Crippen LogP contribution in [-0.2, 0) is 9.59 Å². The maximum Gasteiger partial charge on any atom is 0.303 e. The molecule has 0 aromatic heterocycles. The van der Waals surface area contributed by atoms with Crippen molar-refractivity contribution >= 4 is 11.9 Å². The average molecular weight is 241 g/mol. The van der Waals surface area contributed by atoms with E-state index in [0.717, 1.165) is 12.8 Å². The second-order valence-electron chi connectivity index (χ2n) is 5.68. The number of carbonyl (C=O) groups excluding carboxylic acids is 1. The van der Waals surface area contributed by atoms with Crippen molar-refractivity contribution in [3.05, 3.63) is 0 Å². The first-order chi connectivity index (χ1) is 7.89. The van der Waals surface area contributed by atoms with E-state index >= 15 is 0 Å². The van der Waals surface area contributed by atoms with E-state index in [2.05, 4.69) is 5.32 Å². The Kier molecular flexibility index (Phi) is 4.97. The maximum atomic E-state index is 11.8. The van der Waals surface area contributed by atoms with Crippen LogP contribution in [0.1, 0.15) is 58.8 Å². The van der Waals surface area contributed by atoms with Gasteiger partial charge in [0.05, 0.1) is 0 Å². The largest absolute Gasteiger partial charge is 0.481 e. The monoisotopic (exact) mass is 241 g/mol. The number of nitrogens with one attached hydrogen (secondary N) is 1. The van der Waals surface area contributed by atoms with Crippen molar-refractivity contribution in [1.29, 1.82) is 0 Å². The van der Waals surface area contributed by atoms with Crippen LogP contribution in [0.4, 0.5) is 0 Å². The highest BCUT2D eigenvalue weighted by Crippen LogP contribution is 2.27. The first kappa shape index (κ1) is 14.0. The normalized spacial score (nSPS) is 17.1. The molecule has 1 aliphatic carbocycles. The van der Waals surface area contributed by atoms with Crippen molar-refractivity contribution in [3.8, 4) is 0 Å². The summed E-state index contributed by atoms with van der Waals surface area (Å²) < 4.78 is 0. The molecule has 0 aliphatic heterocycles. The summed E-state index contributed by atoms with van der Waals surface area (Å²) in [7, 11) is 0. The van der Waals surface area contributed by atoms with E-state index in [1.54, 1.807) is 0 Å². The van der Waals surface area contributed by atoms with Gasteiger partial charge < -0.3 is 10.4 Å². The number of amides is 1. The van der Waals surface area contributed by atoms with Gasteiger partial charge in [0.1, 0.15) is 0 Å². The molecular formula is C13H23NO3. The first-order valence-electron chi connectivity index (χ1n) is 6.42. The summed E-state index contributed by atoms with van der Waals surface area (Å²) in [6.07, 6.45) is 5.94. The molecule has 0 atom stereocenters. The minimum Gasteiger partial charge on any atom is -0.481 e. The second kappa shape index (κ2) is 6.03. The van der Waals surface area contributed by atoms with Gasteiger partial charge >= 0.3 is 5.97 Å². The quantitative estimate of drug-likeness (QED) is 0.750. The van der Waals surface area contributed by atoms with Gasteiger partial charge in [-0.25, -0.2) is 0 Å². The zero-order valence-corrected chi connectivity index (χ0v) is 10.8. The molecule has 0 radical (unpaired) electrons. The number of hydrogen-bond donors (Lipinski definition) is 2. The Morgan fingerprint density at radius 3 is 2.41 bits per heavy atom. The van der Waals surface area contributed by atoms with Crippen LogP contribution >= 0.6 is 0 Å². The smallest absolute Gasteiger partial charge is 0.303 e. The number of hydrogen-bond acceptors (Lipinski definition) is 2. The van der Waals surface area contributed by atoms with Crippen molar-refractivity contribution in [3.63, 3.8) is 0 Å². The van der Waals surface area contributed by atoms with Gasteiger partial charge in [0.15, 0.2) is 0 Å². The van der Waals surface area contributed by atoms with Crippen LogP contribution in [-0.4, -0.2) is 22.5 Å². The van der Waals surface area contributed by atoms with Gasteiger partial charge in [-0.2, -0.15) is 0 Å². The summed E-state index contributed by atoms with van der Waals surface area (Å²) in [5.74, 6) is -0.222. The number of carboxylic acid groups (broad SMARTS) is 1. The van der Waals surface area contributed by atoms with Crippen LogP contribution in [0.3, 0.4) is 0 Å². The number of carbonyl (C=O) groups is 2. The zero-order valence-electron chi connectivity index (χ0n) is 10.8. The molecule has 98 valence electrons. The van der Waals surface area contributed by atoms with Gasteiger partial charge in [-0.3, -0.25) is 9.59 Å². The molecule has 0 aromatic carbocycles. The fraction of sp³-hybridized carbons (Fsp3) is 0.846. The second-order valence-corrected chi connectivity index (χ2v) is 5.68. The fourth-order valence-corrected chi connectivity index (χ4v) is 2.39. The lowest BCUT2D eigenvalue weighted by Gasteiger charge is -2.26. The number of aliphatic carboxylic acids is 1. The molecule has 0 bridgehead atoms. The fourth-order valence-electron chi connectivity index (χ4n) is 2.39. The number of rotatable bonds is 6. The molecule has 0 heterocycles. The highest BCUT2D eigenvalue weighted by molar-refractivity contribution is 5.77. The first-order valence-corrected chi connectivity index (χ1v) is 6.42. The van der Waals surface area contributed by atoms with Gasteiger partial charge in [0.25, 0.3) is 0 Å². The summed E-state index contributed by atoms with van der Waals surface area (Å²) in [5, 5.41) is 11.6. The molecule has 0 spiro atoms. The molecule has 1 rings (SSSR count). The molecule has 4 heteroatoms. The van der Waals surface area contributed by atoms with Crippen LogP contribution in [0.15, 0.2) is 0 Å². The third kappa shape index (κ3) is 5.71. The summed E-state index contributed by atoms with van der Waals surface area (Å²) in [5.41, 5.74) is -0.423. The van der Waals surface area contributed by atoms with Gasteiger partial charge in [-0.1, -0.05) is 12.8 Å². The Morgan fingerprint density at radius 2 is 1.88 bits per heavy atom. The van der Waals surface area contributed by atoms with E-state index in [0.29, 0.717) is 18.8 Å². The Labute approximate surface area is 103 Å². The van der Waals surface area contributed by atoms with E-state index < -0.39 is 11.5 Å². The van der Waals surface area contributed by atoms with E-state index in [1.807, 2.05) is 13.8 Å². The molecule has 0 unspecified atom stereocenters. The third-order valence-corrected chi connectivity index (χ3v) is 3.39. The van der Waals surface area contributed by atoms with Gasteiger partial charge in [-0.05, 0) is 39.0 Å². The predicted octanol–water partition coefficient (Wildman–Crippen LogP) is 2.33. The molecule has 1 fully saturated rings. The van der Waals surface area contributed by atoms with Crippen LogP contribution in [0, 0.1) is 5.92 Å². The Bertz CT molecular complexity index is 280. The lowest BCUT2D eigenvalue weighted by Crippen LogP contribution is -2.44. The average Bonchev–Trinajstić information content (AvgIpc) is 2.66. The molecule has 1 amide bonds. The van der Waals surface area contributed by atoms with E-state index in [4.69, 9.17) is 5.11 Å². The van der Waals surface area contributed by atoms with Gasteiger partial charge in [-0.15, -0.1) is 0 Å². The molecule has 1 aliphatic rings. The van der Waals surface area contributed by atoms with Crippen LogP contribution in [0.5, 0.6) is 0 Å². The minimum absolute atomic E-state index is 0.0623. The van der Waals surface area contributed by atoms with Gasteiger partial charge in [0.2, 0.25) is 5.91 Å². The third-order valence-electron chi connectivity index (χ3n) is 3.39. The van der Waals surface area contributed by atoms with Crippen molar-refractivity contribution in [2.75, 3.05) is 0 Å². The maximum absolute atomic E-state index is 11.8. The van der Waals surface area contributed by atoms with Crippen LogP contribution in [0.2, 0.25) is 0 Å². The summed E-state index contributed by atoms with van der Waals surface area (Å²) in [6.45, 7) is 3.75. The standard InChI is InChI=1S/C13H23NO3/c1-13(2,8-7-12(16)17)14-11(15)9-10-5-3-4-6-10/h10H,3-9H2,1-2H3,(H,14,15)(H,16,17). The molecule has 4 nitrogen and oxygen atoms in total. The van der Waals surface area contributed by atoms with Crippen LogP contribution < -0.4 is 5.32 Å². The lowest BCUT2D eigenvalue weighted by atomic mass is 9.96. The van der Waals surface area contributed by atoms with E-state index in [1.165, 1.54) is 12.8 Å².